The van der Waals surface area contributed by atoms with Crippen LogP contribution < -0.4 is 10.9 Å². The lowest BCUT2D eigenvalue weighted by molar-refractivity contribution is 0.0846. The molecule has 0 aromatic heterocycles. The molecule has 0 fully saturated rings. The third kappa shape index (κ3) is 3.50. The van der Waals surface area contributed by atoms with Crippen LogP contribution in [-0.2, 0) is 0 Å². The second kappa shape index (κ2) is 6.40. The van der Waals surface area contributed by atoms with E-state index in [0.717, 1.165) is 0 Å². The molecule has 0 bridgehead atoms. The summed E-state index contributed by atoms with van der Waals surface area (Å²) in [7, 11) is 0. The molecule has 0 radical (unpaired) electrons. The Bertz CT molecular complexity index is 736. The van der Waals surface area contributed by atoms with Crippen LogP contribution in [0, 0.1) is 11.6 Å². The average molecular weight is 327 g/mol. The van der Waals surface area contributed by atoms with E-state index < -0.39 is 23.4 Å². The zero-order valence-corrected chi connectivity index (χ0v) is 11.6. The fraction of sp³-hybridized carbons (Fsp3) is 0. The van der Waals surface area contributed by atoms with Crippen LogP contribution in [-0.4, -0.2) is 16.9 Å². The largest absolute Gasteiger partial charge is 0.508 e. The number of hydrogen-bond acceptors (Lipinski definition) is 3. The van der Waals surface area contributed by atoms with Gasteiger partial charge in [-0.05, 0) is 36.4 Å². The van der Waals surface area contributed by atoms with E-state index in [1.807, 2.05) is 5.43 Å². The first-order chi connectivity index (χ1) is 10.4. The monoisotopic (exact) mass is 326 g/mol. The Balaban J connectivity index is 2.05. The van der Waals surface area contributed by atoms with E-state index in [0.29, 0.717) is 12.1 Å². The van der Waals surface area contributed by atoms with Crippen molar-refractivity contribution < 1.29 is 23.5 Å². The van der Waals surface area contributed by atoms with Gasteiger partial charge < -0.3 is 5.11 Å². The molecule has 0 aliphatic heterocycles. The SMILES string of the molecule is O=C(NNC(=O)c1cc(F)c(F)cc1Cl)c1ccc(O)cc1. The van der Waals surface area contributed by atoms with Gasteiger partial charge in [0.25, 0.3) is 11.8 Å². The van der Waals surface area contributed by atoms with Gasteiger partial charge in [-0.25, -0.2) is 8.78 Å². The molecule has 0 aliphatic carbocycles. The predicted octanol–water partition coefficient (Wildman–Crippen LogP) is 2.40. The standard InChI is InChI=1S/C14H9ClF2N2O3/c15-10-6-12(17)11(16)5-9(10)14(22)19-18-13(21)7-1-3-8(20)4-2-7/h1-6,20H,(H,18,21)(H,19,22). The Morgan fingerprint density at radius 1 is 0.955 bits per heavy atom. The highest BCUT2D eigenvalue weighted by Gasteiger charge is 2.16. The zero-order valence-electron chi connectivity index (χ0n) is 10.9. The van der Waals surface area contributed by atoms with Crippen molar-refractivity contribution in [2.45, 2.75) is 0 Å². The van der Waals surface area contributed by atoms with Crippen molar-refractivity contribution >= 4 is 23.4 Å². The summed E-state index contributed by atoms with van der Waals surface area (Å²) >= 11 is 5.64. The van der Waals surface area contributed by atoms with Crippen LogP contribution in [0.25, 0.3) is 0 Å². The zero-order chi connectivity index (χ0) is 16.3. The summed E-state index contributed by atoms with van der Waals surface area (Å²) < 4.78 is 26.0. The maximum absolute atomic E-state index is 13.1. The van der Waals surface area contributed by atoms with Crippen LogP contribution >= 0.6 is 11.6 Å². The number of hydrazine groups is 1. The van der Waals surface area contributed by atoms with Crippen LogP contribution in [0.1, 0.15) is 20.7 Å². The van der Waals surface area contributed by atoms with Crippen molar-refractivity contribution in [1.82, 2.24) is 10.9 Å². The number of phenolic OH excluding ortho intramolecular Hbond substituents is 1. The van der Waals surface area contributed by atoms with E-state index in [1.54, 1.807) is 0 Å². The van der Waals surface area contributed by atoms with Gasteiger partial charge in [-0.3, -0.25) is 20.4 Å². The molecule has 0 unspecified atom stereocenters. The average Bonchev–Trinajstić information content (AvgIpc) is 2.49. The van der Waals surface area contributed by atoms with Gasteiger partial charge in [0.2, 0.25) is 0 Å². The molecule has 0 aliphatic rings. The Hall–Kier alpha value is -2.67. The maximum Gasteiger partial charge on any atom is 0.271 e. The number of rotatable bonds is 2. The van der Waals surface area contributed by atoms with Crippen LogP contribution in [0.2, 0.25) is 5.02 Å². The number of carbonyl (C=O) groups is 2. The van der Waals surface area contributed by atoms with E-state index in [-0.39, 0.29) is 21.9 Å². The molecule has 0 spiro atoms. The Kier molecular flexibility index (Phi) is 4.57. The first kappa shape index (κ1) is 15.7. The molecule has 2 aromatic rings. The lowest BCUT2D eigenvalue weighted by atomic mass is 10.2. The van der Waals surface area contributed by atoms with E-state index in [9.17, 15) is 18.4 Å². The van der Waals surface area contributed by atoms with Crippen molar-refractivity contribution in [3.8, 4) is 5.75 Å². The van der Waals surface area contributed by atoms with Gasteiger partial charge >= 0.3 is 0 Å². The Morgan fingerprint density at radius 3 is 2.14 bits per heavy atom. The fourth-order valence-corrected chi connectivity index (χ4v) is 1.80. The third-order valence-corrected chi connectivity index (χ3v) is 2.99. The number of nitrogens with one attached hydrogen (secondary N) is 2. The first-order valence-corrected chi connectivity index (χ1v) is 6.30. The summed E-state index contributed by atoms with van der Waals surface area (Å²) in [5.74, 6) is -4.01. The van der Waals surface area contributed by atoms with Crippen LogP contribution in [0.3, 0.4) is 0 Å². The summed E-state index contributed by atoms with van der Waals surface area (Å²) in [5.41, 5.74) is 3.96. The van der Waals surface area contributed by atoms with Crippen LogP contribution in [0.15, 0.2) is 36.4 Å². The Labute approximate surface area is 128 Å². The Morgan fingerprint density at radius 2 is 1.50 bits per heavy atom. The molecule has 0 heterocycles. The fourth-order valence-electron chi connectivity index (χ4n) is 1.56. The molecule has 8 heteroatoms. The molecule has 2 rings (SSSR count). The number of carbonyl (C=O) groups excluding carboxylic acids is 2. The number of amides is 2. The minimum Gasteiger partial charge on any atom is -0.508 e. The van der Waals surface area contributed by atoms with Gasteiger partial charge in [0, 0.05) is 5.56 Å². The van der Waals surface area contributed by atoms with Gasteiger partial charge in [-0.15, -0.1) is 0 Å². The predicted molar refractivity (Wildman–Crippen MR) is 74.4 cm³/mol. The van der Waals surface area contributed by atoms with Crippen molar-refractivity contribution in [2.75, 3.05) is 0 Å². The number of aromatic hydroxyl groups is 1. The van der Waals surface area contributed by atoms with Crippen molar-refractivity contribution in [1.29, 1.82) is 0 Å². The second-order valence-corrected chi connectivity index (χ2v) is 4.61. The van der Waals surface area contributed by atoms with Crippen molar-refractivity contribution in [2.24, 2.45) is 0 Å². The molecule has 2 amide bonds. The molecule has 114 valence electrons. The van der Waals surface area contributed by atoms with Gasteiger partial charge in [0.05, 0.1) is 10.6 Å². The number of halogens is 3. The van der Waals surface area contributed by atoms with E-state index in [1.165, 1.54) is 24.3 Å². The second-order valence-electron chi connectivity index (χ2n) is 4.20. The summed E-state index contributed by atoms with van der Waals surface area (Å²) in [6.45, 7) is 0. The van der Waals surface area contributed by atoms with Crippen LogP contribution in [0.4, 0.5) is 8.78 Å². The minimum absolute atomic E-state index is 0.0193. The molecule has 0 saturated heterocycles. The lowest BCUT2D eigenvalue weighted by Crippen LogP contribution is -2.41. The molecule has 22 heavy (non-hydrogen) atoms. The van der Waals surface area contributed by atoms with Gasteiger partial charge in [-0.2, -0.15) is 0 Å². The lowest BCUT2D eigenvalue weighted by Gasteiger charge is -2.09. The molecule has 2 aromatic carbocycles. The van der Waals surface area contributed by atoms with Crippen molar-refractivity contribution in [3.05, 3.63) is 64.2 Å². The summed E-state index contributed by atoms with van der Waals surface area (Å²) in [6.07, 6.45) is 0. The first-order valence-electron chi connectivity index (χ1n) is 5.92. The van der Waals surface area contributed by atoms with E-state index in [2.05, 4.69) is 5.43 Å². The van der Waals surface area contributed by atoms with E-state index in [4.69, 9.17) is 16.7 Å². The minimum atomic E-state index is -1.24. The highest BCUT2D eigenvalue weighted by molar-refractivity contribution is 6.33. The molecule has 3 N–H and O–H groups in total. The summed E-state index contributed by atoms with van der Waals surface area (Å²) in [5, 5.41) is 8.81. The number of benzene rings is 2. The molecular weight excluding hydrogens is 318 g/mol. The molecule has 5 nitrogen and oxygen atoms in total. The molecule has 0 atom stereocenters. The maximum atomic E-state index is 13.1. The van der Waals surface area contributed by atoms with Gasteiger partial charge in [0.1, 0.15) is 5.75 Å². The quantitative estimate of drug-likeness (QED) is 0.586. The highest BCUT2D eigenvalue weighted by Crippen LogP contribution is 2.19. The molecule has 0 saturated carbocycles. The normalized spacial score (nSPS) is 10.1. The number of phenols is 1. The van der Waals surface area contributed by atoms with Crippen molar-refractivity contribution in [3.63, 3.8) is 0 Å². The number of hydrogen-bond donors (Lipinski definition) is 3. The summed E-state index contributed by atoms with van der Waals surface area (Å²) in [4.78, 5) is 23.5. The van der Waals surface area contributed by atoms with Gasteiger partial charge in [0.15, 0.2) is 11.6 Å². The van der Waals surface area contributed by atoms with Crippen LogP contribution in [0.5, 0.6) is 5.75 Å². The molecular formula is C14H9ClF2N2O3. The van der Waals surface area contributed by atoms with Gasteiger partial charge in [-0.1, -0.05) is 11.6 Å². The topological polar surface area (TPSA) is 78.4 Å². The highest BCUT2D eigenvalue weighted by atomic mass is 35.5. The third-order valence-electron chi connectivity index (χ3n) is 2.67. The summed E-state index contributed by atoms with van der Waals surface area (Å²) in [6, 6.07) is 6.54. The smallest absolute Gasteiger partial charge is 0.271 e. The van der Waals surface area contributed by atoms with E-state index >= 15 is 0 Å².